The van der Waals surface area contributed by atoms with Crippen LogP contribution in [0.25, 0.3) is 0 Å². The summed E-state index contributed by atoms with van der Waals surface area (Å²) in [4.78, 5) is 15.7. The van der Waals surface area contributed by atoms with Gasteiger partial charge < -0.3 is 10.5 Å². The number of hydrogen-bond acceptors (Lipinski definition) is 5. The second kappa shape index (κ2) is 5.91. The van der Waals surface area contributed by atoms with Gasteiger partial charge in [-0.1, -0.05) is 20.8 Å². The lowest BCUT2D eigenvalue weighted by Gasteiger charge is -2.14. The number of nitrogens with zero attached hydrogens (tertiary/aromatic N) is 1. The van der Waals surface area contributed by atoms with E-state index in [9.17, 15) is 4.79 Å². The summed E-state index contributed by atoms with van der Waals surface area (Å²) in [6.07, 6.45) is 1.50. The molecule has 4 nitrogen and oxygen atoms in total. The van der Waals surface area contributed by atoms with Gasteiger partial charge in [-0.25, -0.2) is 9.78 Å². The number of rotatable bonds is 4. The van der Waals surface area contributed by atoms with Gasteiger partial charge in [0.05, 0.1) is 29.6 Å². The van der Waals surface area contributed by atoms with Crippen molar-refractivity contribution < 1.29 is 9.53 Å². The van der Waals surface area contributed by atoms with Crippen LogP contribution in [-0.2, 0) is 4.74 Å². The van der Waals surface area contributed by atoms with E-state index < -0.39 is 5.97 Å². The van der Waals surface area contributed by atoms with Gasteiger partial charge in [-0.05, 0) is 12.0 Å². The first-order chi connectivity index (χ1) is 7.95. The van der Waals surface area contributed by atoms with Crippen molar-refractivity contribution >= 4 is 23.4 Å². The van der Waals surface area contributed by atoms with Crippen LogP contribution in [0.3, 0.4) is 0 Å². The van der Waals surface area contributed by atoms with E-state index >= 15 is 0 Å². The average molecular weight is 254 g/mol. The molecule has 0 aliphatic rings. The summed E-state index contributed by atoms with van der Waals surface area (Å²) in [5.74, 6) is 0.116. The minimum Gasteiger partial charge on any atom is -0.465 e. The van der Waals surface area contributed by atoms with Crippen molar-refractivity contribution in [2.45, 2.75) is 31.0 Å². The molecule has 1 atom stereocenters. The molecule has 0 fully saturated rings. The third kappa shape index (κ3) is 3.63. The summed E-state index contributed by atoms with van der Waals surface area (Å²) in [6.45, 7) is 6.43. The zero-order chi connectivity index (χ0) is 13.0. The number of pyridine rings is 1. The minimum absolute atomic E-state index is 0.346. The smallest absolute Gasteiger partial charge is 0.340 e. The lowest BCUT2D eigenvalue weighted by Crippen LogP contribution is -2.09. The number of thioether (sulfide) groups is 1. The number of nitrogen functional groups attached to an aromatic ring is 1. The van der Waals surface area contributed by atoms with Crippen LogP contribution < -0.4 is 5.73 Å². The lowest BCUT2D eigenvalue weighted by molar-refractivity contribution is 0.0601. The molecule has 0 aliphatic heterocycles. The molecule has 0 amide bonds. The monoisotopic (exact) mass is 254 g/mol. The highest BCUT2D eigenvalue weighted by molar-refractivity contribution is 7.99. The normalized spacial score (nSPS) is 12.5. The van der Waals surface area contributed by atoms with Gasteiger partial charge in [-0.15, -0.1) is 11.8 Å². The Morgan fingerprint density at radius 3 is 2.65 bits per heavy atom. The standard InChI is InChI=1S/C12H18N2O2S/c1-7(2)8(3)17-11-5-9(12(15)16-4)10(13)6-14-11/h5-8H,13H2,1-4H3. The first-order valence-electron chi connectivity index (χ1n) is 5.46. The maximum atomic E-state index is 11.5. The lowest BCUT2D eigenvalue weighted by atomic mass is 10.2. The van der Waals surface area contributed by atoms with E-state index in [1.807, 2.05) is 0 Å². The van der Waals surface area contributed by atoms with E-state index in [1.165, 1.54) is 13.3 Å². The minimum atomic E-state index is -0.427. The number of ether oxygens (including phenoxy) is 1. The van der Waals surface area contributed by atoms with Gasteiger partial charge in [-0.2, -0.15) is 0 Å². The van der Waals surface area contributed by atoms with Crippen LogP contribution in [0, 0.1) is 5.92 Å². The molecule has 1 aromatic heterocycles. The predicted molar refractivity (Wildman–Crippen MR) is 70.1 cm³/mol. The summed E-state index contributed by atoms with van der Waals surface area (Å²) >= 11 is 1.63. The number of hydrogen-bond donors (Lipinski definition) is 1. The molecule has 0 radical (unpaired) electrons. The Hall–Kier alpha value is -1.23. The highest BCUT2D eigenvalue weighted by Gasteiger charge is 2.14. The molecule has 1 rings (SSSR count). The van der Waals surface area contributed by atoms with Crippen molar-refractivity contribution in [2.75, 3.05) is 12.8 Å². The summed E-state index contributed by atoms with van der Waals surface area (Å²) < 4.78 is 4.67. The largest absolute Gasteiger partial charge is 0.465 e. The summed E-state index contributed by atoms with van der Waals surface area (Å²) in [5.41, 5.74) is 6.41. The number of carbonyl (C=O) groups is 1. The Balaban J connectivity index is 2.93. The molecule has 94 valence electrons. The molecular weight excluding hydrogens is 236 g/mol. The molecule has 0 aromatic carbocycles. The number of aromatic nitrogens is 1. The van der Waals surface area contributed by atoms with E-state index in [1.54, 1.807) is 17.8 Å². The number of methoxy groups -OCH3 is 1. The number of anilines is 1. The maximum absolute atomic E-state index is 11.5. The fourth-order valence-electron chi connectivity index (χ4n) is 1.12. The summed E-state index contributed by atoms with van der Waals surface area (Å²) in [7, 11) is 1.34. The molecule has 1 heterocycles. The van der Waals surface area contributed by atoms with Crippen molar-refractivity contribution in [3.8, 4) is 0 Å². The van der Waals surface area contributed by atoms with Crippen LogP contribution in [0.15, 0.2) is 17.3 Å². The molecule has 2 N–H and O–H groups in total. The molecule has 0 saturated carbocycles. The Kier molecular flexibility index (Phi) is 4.81. The zero-order valence-electron chi connectivity index (χ0n) is 10.6. The Morgan fingerprint density at radius 1 is 1.47 bits per heavy atom. The van der Waals surface area contributed by atoms with Crippen LogP contribution in [0.2, 0.25) is 0 Å². The van der Waals surface area contributed by atoms with Crippen LogP contribution in [0.4, 0.5) is 5.69 Å². The van der Waals surface area contributed by atoms with E-state index in [2.05, 4.69) is 30.5 Å². The fraction of sp³-hybridized carbons (Fsp3) is 0.500. The van der Waals surface area contributed by atoms with E-state index in [4.69, 9.17) is 5.73 Å². The highest BCUT2D eigenvalue weighted by atomic mass is 32.2. The van der Waals surface area contributed by atoms with Crippen molar-refractivity contribution in [2.24, 2.45) is 5.92 Å². The first-order valence-corrected chi connectivity index (χ1v) is 6.34. The van der Waals surface area contributed by atoms with E-state index in [0.717, 1.165) is 5.03 Å². The molecular formula is C12H18N2O2S. The molecule has 0 bridgehead atoms. The van der Waals surface area contributed by atoms with Gasteiger partial charge in [0.1, 0.15) is 0 Å². The number of esters is 1. The van der Waals surface area contributed by atoms with E-state index in [0.29, 0.717) is 22.4 Å². The second-order valence-corrected chi connectivity index (χ2v) is 5.57. The van der Waals surface area contributed by atoms with Crippen molar-refractivity contribution in [3.05, 3.63) is 17.8 Å². The molecule has 0 saturated heterocycles. The van der Waals surface area contributed by atoms with Crippen molar-refractivity contribution in [1.29, 1.82) is 0 Å². The van der Waals surface area contributed by atoms with Gasteiger partial charge in [0.15, 0.2) is 0 Å². The Morgan fingerprint density at radius 2 is 2.12 bits per heavy atom. The molecule has 1 aromatic rings. The molecule has 0 aliphatic carbocycles. The van der Waals surface area contributed by atoms with Crippen molar-refractivity contribution in [1.82, 2.24) is 4.98 Å². The second-order valence-electron chi connectivity index (χ2n) is 4.17. The van der Waals surface area contributed by atoms with Crippen LogP contribution in [0.5, 0.6) is 0 Å². The SMILES string of the molecule is COC(=O)c1cc(SC(C)C(C)C)ncc1N. The molecule has 1 unspecified atom stereocenters. The third-order valence-electron chi connectivity index (χ3n) is 2.56. The van der Waals surface area contributed by atoms with Crippen LogP contribution in [0.1, 0.15) is 31.1 Å². The summed E-state index contributed by atoms with van der Waals surface area (Å²) in [5, 5.41) is 1.22. The number of carbonyl (C=O) groups excluding carboxylic acids is 1. The van der Waals surface area contributed by atoms with Crippen molar-refractivity contribution in [3.63, 3.8) is 0 Å². The highest BCUT2D eigenvalue weighted by Crippen LogP contribution is 2.28. The Bertz CT molecular complexity index is 407. The molecule has 5 heteroatoms. The molecule has 17 heavy (non-hydrogen) atoms. The van der Waals surface area contributed by atoms with Crippen LogP contribution >= 0.6 is 11.8 Å². The fourth-order valence-corrected chi connectivity index (χ4v) is 2.08. The Labute approximate surface area is 106 Å². The first kappa shape index (κ1) is 13.8. The third-order valence-corrected chi connectivity index (χ3v) is 3.94. The zero-order valence-corrected chi connectivity index (χ0v) is 11.4. The average Bonchev–Trinajstić information content (AvgIpc) is 2.30. The van der Waals surface area contributed by atoms with Gasteiger partial charge in [0.25, 0.3) is 0 Å². The maximum Gasteiger partial charge on any atom is 0.340 e. The number of nitrogens with two attached hydrogens (primary N) is 1. The quantitative estimate of drug-likeness (QED) is 0.661. The topological polar surface area (TPSA) is 65.2 Å². The predicted octanol–water partition coefficient (Wildman–Crippen LogP) is 2.59. The van der Waals surface area contributed by atoms with Crippen LogP contribution in [-0.4, -0.2) is 23.3 Å². The van der Waals surface area contributed by atoms with Gasteiger partial charge in [0, 0.05) is 5.25 Å². The summed E-state index contributed by atoms with van der Waals surface area (Å²) in [6, 6.07) is 1.69. The molecule has 0 spiro atoms. The van der Waals surface area contributed by atoms with Gasteiger partial charge >= 0.3 is 5.97 Å². The van der Waals surface area contributed by atoms with E-state index in [-0.39, 0.29) is 0 Å². The van der Waals surface area contributed by atoms with Gasteiger partial charge in [-0.3, -0.25) is 0 Å². The van der Waals surface area contributed by atoms with Gasteiger partial charge in [0.2, 0.25) is 0 Å².